The van der Waals surface area contributed by atoms with Crippen LogP contribution in [0.25, 0.3) is 0 Å². The molecule has 0 N–H and O–H groups in total. The van der Waals surface area contributed by atoms with E-state index in [4.69, 9.17) is 4.74 Å². The van der Waals surface area contributed by atoms with Gasteiger partial charge in [0.2, 0.25) is 0 Å². The first-order chi connectivity index (χ1) is 12.6. The lowest BCUT2D eigenvalue weighted by Gasteiger charge is -2.03. The normalized spacial score (nSPS) is 19.7. The van der Waals surface area contributed by atoms with E-state index in [0.29, 0.717) is 29.8 Å². The van der Waals surface area contributed by atoms with Gasteiger partial charge >= 0.3 is 0 Å². The highest BCUT2D eigenvalue weighted by Gasteiger charge is 2.34. The van der Waals surface area contributed by atoms with Gasteiger partial charge in [0.05, 0.1) is 23.9 Å². The zero-order chi connectivity index (χ0) is 18.2. The van der Waals surface area contributed by atoms with Gasteiger partial charge < -0.3 is 4.74 Å². The molecule has 4 heteroatoms. The van der Waals surface area contributed by atoms with Gasteiger partial charge in [0.25, 0.3) is 0 Å². The Kier molecular flexibility index (Phi) is 6.64. The lowest BCUT2D eigenvalue weighted by molar-refractivity contribution is 0.109. The number of unbranched alkanes of at least 4 members (excludes halogenated alkanes) is 1. The van der Waals surface area contributed by atoms with E-state index in [0.717, 1.165) is 13.0 Å². The Labute approximate surface area is 156 Å². The Hall–Kier alpha value is -1.91. The molecule has 0 spiro atoms. The third kappa shape index (κ3) is 5.82. The Balaban J connectivity index is 1.30. The summed E-state index contributed by atoms with van der Waals surface area (Å²) in [5, 5.41) is 0. The van der Waals surface area contributed by atoms with Crippen LogP contribution in [0.4, 0.5) is 0 Å². The third-order valence-corrected chi connectivity index (χ3v) is 6.51. The van der Waals surface area contributed by atoms with E-state index in [2.05, 4.69) is 24.3 Å². The number of allylic oxidation sites excluding steroid dienone is 2. The van der Waals surface area contributed by atoms with E-state index in [1.54, 1.807) is 24.3 Å². The van der Waals surface area contributed by atoms with E-state index in [1.807, 2.05) is 24.3 Å². The summed E-state index contributed by atoms with van der Waals surface area (Å²) < 4.78 is 30.2. The summed E-state index contributed by atoms with van der Waals surface area (Å²) in [5.41, 5.74) is 1.21. The van der Waals surface area contributed by atoms with Crippen molar-refractivity contribution in [2.75, 3.05) is 12.4 Å². The van der Waals surface area contributed by atoms with Gasteiger partial charge in [0.1, 0.15) is 0 Å². The number of benzene rings is 2. The second kappa shape index (κ2) is 9.15. The van der Waals surface area contributed by atoms with Gasteiger partial charge in [0, 0.05) is 0 Å². The average Bonchev–Trinajstić information content (AvgIpc) is 3.41. The van der Waals surface area contributed by atoms with Crippen molar-refractivity contribution in [3.63, 3.8) is 0 Å². The van der Waals surface area contributed by atoms with Gasteiger partial charge in [-0.15, -0.1) is 0 Å². The van der Waals surface area contributed by atoms with Crippen LogP contribution in [0.1, 0.15) is 24.8 Å². The van der Waals surface area contributed by atoms with Gasteiger partial charge in [-0.3, -0.25) is 0 Å². The highest BCUT2D eigenvalue weighted by molar-refractivity contribution is 7.91. The van der Waals surface area contributed by atoms with Gasteiger partial charge in [-0.05, 0) is 48.8 Å². The fourth-order valence-electron chi connectivity index (χ4n) is 3.01. The van der Waals surface area contributed by atoms with Crippen LogP contribution < -0.4 is 0 Å². The van der Waals surface area contributed by atoms with Crippen LogP contribution in [-0.2, 0) is 21.2 Å². The van der Waals surface area contributed by atoms with Crippen molar-refractivity contribution in [1.29, 1.82) is 0 Å². The van der Waals surface area contributed by atoms with Crippen molar-refractivity contribution in [2.24, 2.45) is 11.8 Å². The summed E-state index contributed by atoms with van der Waals surface area (Å²) >= 11 is 0. The van der Waals surface area contributed by atoms with E-state index in [1.165, 1.54) is 12.0 Å². The van der Waals surface area contributed by atoms with Crippen LogP contribution in [-0.4, -0.2) is 20.8 Å². The SMILES string of the molecule is O=S(=O)(CCC/C=C/C1CC1COCc1ccccc1)c1ccccc1. The molecule has 2 aromatic carbocycles. The van der Waals surface area contributed by atoms with E-state index < -0.39 is 9.84 Å². The molecular weight excluding hydrogens is 344 g/mol. The Morgan fingerprint density at radius 3 is 2.42 bits per heavy atom. The van der Waals surface area contributed by atoms with Crippen LogP contribution >= 0.6 is 0 Å². The fourth-order valence-corrected chi connectivity index (χ4v) is 4.36. The van der Waals surface area contributed by atoms with Crippen LogP contribution in [0.2, 0.25) is 0 Å². The molecule has 0 amide bonds. The molecule has 2 unspecified atom stereocenters. The smallest absolute Gasteiger partial charge is 0.178 e. The Morgan fingerprint density at radius 2 is 1.69 bits per heavy atom. The van der Waals surface area contributed by atoms with Crippen molar-refractivity contribution in [1.82, 2.24) is 0 Å². The molecule has 1 saturated carbocycles. The fraction of sp³-hybridized carbons (Fsp3) is 0.364. The largest absolute Gasteiger partial charge is 0.376 e. The molecule has 0 bridgehead atoms. The van der Waals surface area contributed by atoms with Crippen molar-refractivity contribution in [3.05, 3.63) is 78.4 Å². The third-order valence-electron chi connectivity index (χ3n) is 4.69. The van der Waals surface area contributed by atoms with Gasteiger partial charge in [-0.1, -0.05) is 60.7 Å². The molecule has 0 saturated heterocycles. The van der Waals surface area contributed by atoms with Gasteiger partial charge in [-0.25, -0.2) is 8.42 Å². The predicted molar refractivity (Wildman–Crippen MR) is 105 cm³/mol. The minimum atomic E-state index is -3.15. The van der Waals surface area contributed by atoms with E-state index in [9.17, 15) is 8.42 Å². The Morgan fingerprint density at radius 1 is 1.00 bits per heavy atom. The number of ether oxygens (including phenoxy) is 1. The molecule has 3 rings (SSSR count). The number of rotatable bonds is 10. The molecule has 138 valence electrons. The molecule has 2 atom stereocenters. The maximum atomic E-state index is 12.2. The van der Waals surface area contributed by atoms with Crippen molar-refractivity contribution in [3.8, 4) is 0 Å². The summed E-state index contributed by atoms with van der Waals surface area (Å²) in [6, 6.07) is 18.9. The molecule has 3 nitrogen and oxygen atoms in total. The molecule has 1 aliphatic carbocycles. The first-order valence-corrected chi connectivity index (χ1v) is 10.9. The summed E-state index contributed by atoms with van der Waals surface area (Å²) in [7, 11) is -3.15. The first kappa shape index (κ1) is 18.9. The number of hydrogen-bond acceptors (Lipinski definition) is 3. The molecular formula is C22H26O3S. The second-order valence-corrected chi connectivity index (χ2v) is 8.97. The second-order valence-electron chi connectivity index (χ2n) is 6.86. The monoisotopic (exact) mass is 370 g/mol. The van der Waals surface area contributed by atoms with Crippen LogP contribution in [0, 0.1) is 11.8 Å². The molecule has 0 heterocycles. The molecule has 0 aromatic heterocycles. The maximum Gasteiger partial charge on any atom is 0.178 e. The van der Waals surface area contributed by atoms with Crippen LogP contribution in [0.15, 0.2) is 77.7 Å². The first-order valence-electron chi connectivity index (χ1n) is 9.21. The number of sulfone groups is 1. The van der Waals surface area contributed by atoms with Crippen LogP contribution in [0.3, 0.4) is 0 Å². The van der Waals surface area contributed by atoms with Crippen molar-refractivity contribution >= 4 is 9.84 Å². The summed E-state index contributed by atoms with van der Waals surface area (Å²) in [4.78, 5) is 0.418. The Bertz CT molecular complexity index is 798. The zero-order valence-corrected chi connectivity index (χ0v) is 15.8. The zero-order valence-electron chi connectivity index (χ0n) is 15.0. The van der Waals surface area contributed by atoms with Gasteiger partial charge in [0.15, 0.2) is 9.84 Å². The molecule has 1 fully saturated rings. The quantitative estimate of drug-likeness (QED) is 0.452. The van der Waals surface area contributed by atoms with E-state index in [-0.39, 0.29) is 5.75 Å². The molecule has 0 radical (unpaired) electrons. The van der Waals surface area contributed by atoms with Crippen molar-refractivity contribution in [2.45, 2.75) is 30.8 Å². The molecule has 26 heavy (non-hydrogen) atoms. The summed E-state index contributed by atoms with van der Waals surface area (Å²) in [6.07, 6.45) is 7.00. The molecule has 0 aliphatic heterocycles. The molecule has 2 aromatic rings. The highest BCUT2D eigenvalue weighted by Crippen LogP contribution is 2.40. The predicted octanol–water partition coefficient (Wildman–Crippen LogP) is 4.65. The minimum absolute atomic E-state index is 0.204. The van der Waals surface area contributed by atoms with Crippen molar-refractivity contribution < 1.29 is 13.2 Å². The highest BCUT2D eigenvalue weighted by atomic mass is 32.2. The number of hydrogen-bond donors (Lipinski definition) is 0. The van der Waals surface area contributed by atoms with Gasteiger partial charge in [-0.2, -0.15) is 0 Å². The van der Waals surface area contributed by atoms with Crippen LogP contribution in [0.5, 0.6) is 0 Å². The molecule has 1 aliphatic rings. The lowest BCUT2D eigenvalue weighted by atomic mass is 10.2. The summed E-state index contributed by atoms with van der Waals surface area (Å²) in [5.74, 6) is 1.41. The summed E-state index contributed by atoms with van der Waals surface area (Å²) in [6.45, 7) is 1.47. The average molecular weight is 371 g/mol. The lowest BCUT2D eigenvalue weighted by Crippen LogP contribution is -2.06. The standard InChI is InChI=1S/C22H26O3S/c23-26(24,22-13-7-2-8-14-22)15-9-3-6-12-20-16-21(20)18-25-17-19-10-4-1-5-11-19/h1-2,4-8,10-14,20-21H,3,9,15-18H2/b12-6+. The topological polar surface area (TPSA) is 43.4 Å². The van der Waals surface area contributed by atoms with E-state index >= 15 is 0 Å². The minimum Gasteiger partial charge on any atom is -0.376 e. The maximum absolute atomic E-state index is 12.2.